The van der Waals surface area contributed by atoms with E-state index in [9.17, 15) is 10.1 Å². The van der Waals surface area contributed by atoms with Gasteiger partial charge in [-0.1, -0.05) is 18.2 Å². The number of rotatable bonds is 4. The summed E-state index contributed by atoms with van der Waals surface area (Å²) < 4.78 is 5.81. The number of hydrogen-bond donors (Lipinski definition) is 1. The molecule has 5 heteroatoms. The van der Waals surface area contributed by atoms with Crippen LogP contribution in [0.15, 0.2) is 42.5 Å². The van der Waals surface area contributed by atoms with Gasteiger partial charge in [0.1, 0.15) is 11.5 Å². The van der Waals surface area contributed by atoms with Crippen LogP contribution >= 0.6 is 0 Å². The van der Waals surface area contributed by atoms with Crippen molar-refractivity contribution < 1.29 is 9.66 Å². The van der Waals surface area contributed by atoms with E-state index >= 15 is 0 Å². The largest absolute Gasteiger partial charge is 0.456 e. The van der Waals surface area contributed by atoms with Gasteiger partial charge in [-0.05, 0) is 31.5 Å². The van der Waals surface area contributed by atoms with E-state index in [2.05, 4.69) is 0 Å². The van der Waals surface area contributed by atoms with E-state index in [0.717, 1.165) is 11.1 Å². The quantitative estimate of drug-likeness (QED) is 0.679. The molecule has 5 nitrogen and oxygen atoms in total. The maximum atomic E-state index is 10.8. The Hall–Kier alpha value is -2.40. The molecule has 0 saturated heterocycles. The van der Waals surface area contributed by atoms with Gasteiger partial charge in [-0.2, -0.15) is 0 Å². The second-order valence-electron chi connectivity index (χ2n) is 4.64. The number of ether oxygens (including phenoxy) is 1. The van der Waals surface area contributed by atoms with Crippen LogP contribution in [0.25, 0.3) is 0 Å². The molecule has 0 spiro atoms. The number of benzene rings is 2. The summed E-state index contributed by atoms with van der Waals surface area (Å²) in [4.78, 5) is 10.4. The van der Waals surface area contributed by atoms with Crippen LogP contribution in [0.3, 0.4) is 0 Å². The second-order valence-corrected chi connectivity index (χ2v) is 4.64. The fourth-order valence-corrected chi connectivity index (χ4v) is 1.88. The minimum Gasteiger partial charge on any atom is -0.456 e. The molecule has 0 aliphatic rings. The van der Waals surface area contributed by atoms with Crippen molar-refractivity contribution in [2.45, 2.75) is 19.9 Å². The summed E-state index contributed by atoms with van der Waals surface area (Å²) >= 11 is 0. The average molecular weight is 272 g/mol. The molecule has 0 bridgehead atoms. The predicted molar refractivity (Wildman–Crippen MR) is 77.0 cm³/mol. The number of nitrogens with two attached hydrogens (primary N) is 1. The van der Waals surface area contributed by atoms with E-state index in [-0.39, 0.29) is 11.7 Å². The number of hydrogen-bond acceptors (Lipinski definition) is 4. The first-order valence-electron chi connectivity index (χ1n) is 6.26. The van der Waals surface area contributed by atoms with Crippen LogP contribution in [0.1, 0.15) is 24.1 Å². The van der Waals surface area contributed by atoms with Crippen LogP contribution in [0.2, 0.25) is 0 Å². The van der Waals surface area contributed by atoms with Crippen LogP contribution in [-0.4, -0.2) is 4.92 Å². The standard InChI is InChI=1S/C15H16N2O3/c1-10-7-8-12(17(18)19)9-15(10)20-14-6-4-3-5-13(14)11(2)16/h3-9,11H,16H2,1-2H3/t11-/m0/s1. The van der Waals surface area contributed by atoms with Crippen LogP contribution in [-0.2, 0) is 0 Å². The van der Waals surface area contributed by atoms with Crippen LogP contribution in [0, 0.1) is 17.0 Å². The highest BCUT2D eigenvalue weighted by atomic mass is 16.6. The Labute approximate surface area is 117 Å². The molecule has 2 aromatic carbocycles. The smallest absolute Gasteiger partial charge is 0.273 e. The fourth-order valence-electron chi connectivity index (χ4n) is 1.88. The third-order valence-corrected chi connectivity index (χ3v) is 3.01. The van der Waals surface area contributed by atoms with Crippen LogP contribution in [0.4, 0.5) is 5.69 Å². The monoisotopic (exact) mass is 272 g/mol. The van der Waals surface area contributed by atoms with Crippen molar-refractivity contribution in [3.63, 3.8) is 0 Å². The summed E-state index contributed by atoms with van der Waals surface area (Å²) in [6.07, 6.45) is 0. The minimum atomic E-state index is -0.441. The molecule has 0 heterocycles. The SMILES string of the molecule is Cc1ccc([N+](=O)[O-])cc1Oc1ccccc1[C@H](C)N. The molecular weight excluding hydrogens is 256 g/mol. The van der Waals surface area contributed by atoms with E-state index in [1.54, 1.807) is 12.1 Å². The Morgan fingerprint density at radius 2 is 1.90 bits per heavy atom. The maximum Gasteiger partial charge on any atom is 0.273 e. The third-order valence-electron chi connectivity index (χ3n) is 3.01. The normalized spacial score (nSPS) is 11.9. The second kappa shape index (κ2) is 5.71. The van der Waals surface area contributed by atoms with E-state index in [4.69, 9.17) is 10.5 Å². The summed E-state index contributed by atoms with van der Waals surface area (Å²) in [6.45, 7) is 3.70. The molecule has 0 unspecified atom stereocenters. The first kappa shape index (κ1) is 14.0. The van der Waals surface area contributed by atoms with Crippen molar-refractivity contribution in [3.05, 3.63) is 63.7 Å². The lowest BCUT2D eigenvalue weighted by Crippen LogP contribution is -2.06. The Morgan fingerprint density at radius 3 is 2.55 bits per heavy atom. The number of nitrogens with zero attached hydrogens (tertiary/aromatic N) is 1. The van der Waals surface area contributed by atoms with Gasteiger partial charge in [0, 0.05) is 17.7 Å². The van der Waals surface area contributed by atoms with Gasteiger partial charge in [0.05, 0.1) is 11.0 Å². The molecule has 0 radical (unpaired) electrons. The van der Waals surface area contributed by atoms with E-state index < -0.39 is 4.92 Å². The molecular formula is C15H16N2O3. The van der Waals surface area contributed by atoms with Crippen molar-refractivity contribution >= 4 is 5.69 Å². The Bertz CT molecular complexity index is 639. The zero-order valence-electron chi connectivity index (χ0n) is 11.4. The van der Waals surface area contributed by atoms with Crippen molar-refractivity contribution in [1.82, 2.24) is 0 Å². The molecule has 1 atom stereocenters. The number of aryl methyl sites for hydroxylation is 1. The Kier molecular flexibility index (Phi) is 4.00. The van der Waals surface area contributed by atoms with Gasteiger partial charge in [0.15, 0.2) is 0 Å². The van der Waals surface area contributed by atoms with Crippen LogP contribution in [0.5, 0.6) is 11.5 Å². The van der Waals surface area contributed by atoms with Crippen LogP contribution < -0.4 is 10.5 Å². The van der Waals surface area contributed by atoms with Crippen molar-refractivity contribution in [3.8, 4) is 11.5 Å². The number of nitro benzene ring substituents is 1. The first-order chi connectivity index (χ1) is 9.49. The van der Waals surface area contributed by atoms with Crippen molar-refractivity contribution in [1.29, 1.82) is 0 Å². The zero-order chi connectivity index (χ0) is 14.7. The van der Waals surface area contributed by atoms with Crippen molar-refractivity contribution in [2.75, 3.05) is 0 Å². The minimum absolute atomic E-state index is 0.00359. The molecule has 2 rings (SSSR count). The van der Waals surface area contributed by atoms with Gasteiger partial charge in [-0.15, -0.1) is 0 Å². The van der Waals surface area contributed by atoms with E-state index in [1.807, 2.05) is 32.0 Å². The number of nitro groups is 1. The Morgan fingerprint density at radius 1 is 1.20 bits per heavy atom. The van der Waals surface area contributed by atoms with Gasteiger partial charge >= 0.3 is 0 Å². The zero-order valence-corrected chi connectivity index (χ0v) is 11.4. The lowest BCUT2D eigenvalue weighted by Gasteiger charge is -2.14. The molecule has 0 fully saturated rings. The number of para-hydroxylation sites is 1. The molecule has 0 aromatic heterocycles. The summed E-state index contributed by atoms with van der Waals surface area (Å²) in [5.41, 5.74) is 7.59. The highest BCUT2D eigenvalue weighted by Crippen LogP contribution is 2.32. The Balaban J connectivity index is 2.40. The van der Waals surface area contributed by atoms with E-state index in [0.29, 0.717) is 11.5 Å². The molecule has 20 heavy (non-hydrogen) atoms. The predicted octanol–water partition coefficient (Wildman–Crippen LogP) is 3.72. The number of non-ortho nitro benzene ring substituents is 1. The third kappa shape index (κ3) is 2.95. The molecule has 104 valence electrons. The highest BCUT2D eigenvalue weighted by Gasteiger charge is 2.13. The maximum absolute atomic E-state index is 10.8. The summed E-state index contributed by atoms with van der Waals surface area (Å²) in [6, 6.07) is 11.8. The van der Waals surface area contributed by atoms with Gasteiger partial charge in [0.2, 0.25) is 0 Å². The molecule has 2 aromatic rings. The summed E-state index contributed by atoms with van der Waals surface area (Å²) in [5.74, 6) is 1.08. The molecule has 0 saturated carbocycles. The van der Waals surface area contributed by atoms with Gasteiger partial charge in [0.25, 0.3) is 5.69 Å². The summed E-state index contributed by atoms with van der Waals surface area (Å²) in [5, 5.41) is 10.8. The lowest BCUT2D eigenvalue weighted by atomic mass is 10.1. The molecule has 2 N–H and O–H groups in total. The van der Waals surface area contributed by atoms with Gasteiger partial charge in [-0.25, -0.2) is 0 Å². The lowest BCUT2D eigenvalue weighted by molar-refractivity contribution is -0.384. The molecule has 0 amide bonds. The highest BCUT2D eigenvalue weighted by molar-refractivity contribution is 5.47. The first-order valence-corrected chi connectivity index (χ1v) is 6.26. The van der Waals surface area contributed by atoms with Gasteiger partial charge in [-0.3, -0.25) is 10.1 Å². The topological polar surface area (TPSA) is 78.4 Å². The fraction of sp³-hybridized carbons (Fsp3) is 0.200. The van der Waals surface area contributed by atoms with Crippen molar-refractivity contribution in [2.24, 2.45) is 5.73 Å². The average Bonchev–Trinajstić information content (AvgIpc) is 2.41. The van der Waals surface area contributed by atoms with Gasteiger partial charge < -0.3 is 10.5 Å². The van der Waals surface area contributed by atoms with E-state index in [1.165, 1.54) is 12.1 Å². The molecule has 0 aliphatic carbocycles. The molecule has 0 aliphatic heterocycles. The summed E-state index contributed by atoms with van der Waals surface area (Å²) in [7, 11) is 0.